The van der Waals surface area contributed by atoms with Crippen LogP contribution in [0.4, 0.5) is 0 Å². The van der Waals surface area contributed by atoms with E-state index in [2.05, 4.69) is 4.98 Å². The number of esters is 1. The first-order chi connectivity index (χ1) is 7.63. The van der Waals surface area contributed by atoms with Gasteiger partial charge in [0.05, 0.1) is 6.61 Å². The molecule has 0 fully saturated rings. The van der Waals surface area contributed by atoms with E-state index < -0.39 is 5.97 Å². The lowest BCUT2D eigenvalue weighted by Gasteiger charge is -1.98. The van der Waals surface area contributed by atoms with Crippen molar-refractivity contribution in [1.29, 1.82) is 0 Å². The maximum absolute atomic E-state index is 11.5. The molecule has 2 heterocycles. The highest BCUT2D eigenvalue weighted by atomic mass is 35.5. The number of nitrogens with zero attached hydrogens (tertiary/aromatic N) is 2. The van der Waals surface area contributed by atoms with Crippen LogP contribution in [0, 0.1) is 6.92 Å². The van der Waals surface area contributed by atoms with E-state index in [0.717, 1.165) is 5.56 Å². The number of pyridine rings is 1. The van der Waals surface area contributed by atoms with Crippen LogP contribution in [0.1, 0.15) is 23.0 Å². The predicted molar refractivity (Wildman–Crippen MR) is 60.9 cm³/mol. The van der Waals surface area contributed by atoms with Crippen LogP contribution >= 0.6 is 11.6 Å². The third-order valence-corrected chi connectivity index (χ3v) is 2.54. The quantitative estimate of drug-likeness (QED) is 0.755. The molecule has 84 valence electrons. The summed E-state index contributed by atoms with van der Waals surface area (Å²) in [5, 5.41) is 0.289. The topological polar surface area (TPSA) is 43.6 Å². The smallest absolute Gasteiger partial charge is 0.360 e. The summed E-state index contributed by atoms with van der Waals surface area (Å²) in [6.07, 6.45) is 1.83. The van der Waals surface area contributed by atoms with Gasteiger partial charge >= 0.3 is 5.97 Å². The second kappa shape index (κ2) is 4.14. The second-order valence-electron chi connectivity index (χ2n) is 3.41. The summed E-state index contributed by atoms with van der Waals surface area (Å²) in [5.74, 6) is -0.492. The number of hydrogen-bond acceptors (Lipinski definition) is 3. The Morgan fingerprint density at radius 2 is 2.31 bits per heavy atom. The highest BCUT2D eigenvalue weighted by Crippen LogP contribution is 2.19. The van der Waals surface area contributed by atoms with Gasteiger partial charge in [0.2, 0.25) is 0 Å². The maximum Gasteiger partial charge on any atom is 0.360 e. The van der Waals surface area contributed by atoms with Gasteiger partial charge in [0.1, 0.15) is 10.8 Å². The summed E-state index contributed by atoms with van der Waals surface area (Å²) in [6.45, 7) is 3.99. The van der Waals surface area contributed by atoms with Crippen LogP contribution < -0.4 is 0 Å². The van der Waals surface area contributed by atoms with Gasteiger partial charge in [-0.1, -0.05) is 17.7 Å². The Morgan fingerprint density at radius 3 is 3.00 bits per heavy atom. The first-order valence-electron chi connectivity index (χ1n) is 4.94. The molecule has 2 aromatic heterocycles. The summed E-state index contributed by atoms with van der Waals surface area (Å²) in [4.78, 5) is 15.7. The number of hydrogen-bond donors (Lipinski definition) is 0. The largest absolute Gasteiger partial charge is 0.461 e. The second-order valence-corrected chi connectivity index (χ2v) is 3.76. The normalized spacial score (nSPS) is 10.7. The van der Waals surface area contributed by atoms with E-state index in [1.165, 1.54) is 0 Å². The van der Waals surface area contributed by atoms with E-state index in [9.17, 15) is 4.79 Å². The molecule has 5 heteroatoms. The average molecular weight is 239 g/mol. The van der Waals surface area contributed by atoms with Crippen LogP contribution in [0.5, 0.6) is 0 Å². The molecular formula is C11H11ClN2O2. The number of ether oxygens (including phenoxy) is 1. The molecular weight excluding hydrogens is 228 g/mol. The summed E-state index contributed by atoms with van der Waals surface area (Å²) in [5.41, 5.74) is 1.84. The Morgan fingerprint density at radius 1 is 1.56 bits per heavy atom. The molecule has 0 spiro atoms. The number of rotatable bonds is 2. The molecule has 0 bridgehead atoms. The molecule has 2 aromatic rings. The molecule has 0 aliphatic carbocycles. The zero-order chi connectivity index (χ0) is 11.7. The molecule has 0 saturated carbocycles. The van der Waals surface area contributed by atoms with Crippen LogP contribution in [0.15, 0.2) is 18.3 Å². The van der Waals surface area contributed by atoms with E-state index in [-0.39, 0.29) is 10.8 Å². The van der Waals surface area contributed by atoms with Crippen molar-refractivity contribution in [3.8, 4) is 0 Å². The minimum absolute atomic E-state index is 0.161. The number of imidazole rings is 1. The lowest BCUT2D eigenvalue weighted by molar-refractivity contribution is 0.0520. The predicted octanol–water partition coefficient (Wildman–Crippen LogP) is 2.47. The number of fused-ring (bicyclic) bond motifs is 1. The fraction of sp³-hybridized carbons (Fsp3) is 0.273. The minimum Gasteiger partial charge on any atom is -0.461 e. The summed E-state index contributed by atoms with van der Waals surface area (Å²) < 4.78 is 6.54. The van der Waals surface area contributed by atoms with E-state index in [4.69, 9.17) is 16.3 Å². The lowest BCUT2D eigenvalue weighted by atomic mass is 10.3. The fourth-order valence-corrected chi connectivity index (χ4v) is 1.71. The average Bonchev–Trinajstić information content (AvgIpc) is 2.57. The van der Waals surface area contributed by atoms with Crippen molar-refractivity contribution in [3.05, 3.63) is 34.7 Å². The summed E-state index contributed by atoms with van der Waals surface area (Å²) >= 11 is 6.06. The number of carbonyl (C=O) groups excluding carboxylic acids is 1. The van der Waals surface area contributed by atoms with Gasteiger partial charge in [-0.2, -0.15) is 0 Å². The monoisotopic (exact) mass is 238 g/mol. The van der Waals surface area contributed by atoms with Gasteiger partial charge in [-0.05, 0) is 25.5 Å². The van der Waals surface area contributed by atoms with Crippen molar-refractivity contribution in [2.75, 3.05) is 6.61 Å². The first kappa shape index (κ1) is 11.0. The molecule has 0 aliphatic heterocycles. The molecule has 16 heavy (non-hydrogen) atoms. The number of carbonyl (C=O) groups is 1. The zero-order valence-corrected chi connectivity index (χ0v) is 9.78. The number of halogens is 1. The van der Waals surface area contributed by atoms with Gasteiger partial charge < -0.3 is 4.74 Å². The molecule has 2 rings (SSSR count). The maximum atomic E-state index is 11.5. The van der Waals surface area contributed by atoms with Crippen molar-refractivity contribution < 1.29 is 9.53 Å². The first-order valence-corrected chi connectivity index (χ1v) is 5.32. The van der Waals surface area contributed by atoms with E-state index in [0.29, 0.717) is 12.3 Å². The van der Waals surface area contributed by atoms with Crippen molar-refractivity contribution in [1.82, 2.24) is 9.38 Å². The van der Waals surface area contributed by atoms with Gasteiger partial charge in [-0.15, -0.1) is 0 Å². The van der Waals surface area contributed by atoms with E-state index in [1.54, 1.807) is 11.3 Å². The highest BCUT2D eigenvalue weighted by molar-refractivity contribution is 6.32. The Hall–Kier alpha value is -1.55. The van der Waals surface area contributed by atoms with Crippen molar-refractivity contribution in [2.45, 2.75) is 13.8 Å². The Kier molecular flexibility index (Phi) is 2.83. The van der Waals surface area contributed by atoms with Crippen LogP contribution in [0.2, 0.25) is 5.15 Å². The third kappa shape index (κ3) is 1.76. The molecule has 0 atom stereocenters. The van der Waals surface area contributed by atoms with Gasteiger partial charge in [-0.3, -0.25) is 4.40 Å². The number of aryl methyl sites for hydroxylation is 1. The van der Waals surface area contributed by atoms with E-state index in [1.807, 2.05) is 25.3 Å². The van der Waals surface area contributed by atoms with Gasteiger partial charge in [0, 0.05) is 6.20 Å². The van der Waals surface area contributed by atoms with Crippen LogP contribution in [-0.4, -0.2) is 22.0 Å². The fourth-order valence-electron chi connectivity index (χ4n) is 1.45. The van der Waals surface area contributed by atoms with Crippen molar-refractivity contribution >= 4 is 23.2 Å². The van der Waals surface area contributed by atoms with Crippen molar-refractivity contribution in [2.24, 2.45) is 0 Å². The van der Waals surface area contributed by atoms with E-state index >= 15 is 0 Å². The molecule has 0 amide bonds. The third-order valence-electron chi connectivity index (χ3n) is 2.18. The Balaban J connectivity index is 2.56. The lowest BCUT2D eigenvalue weighted by Crippen LogP contribution is -2.05. The summed E-state index contributed by atoms with van der Waals surface area (Å²) in [7, 11) is 0. The molecule has 0 radical (unpaired) electrons. The standard InChI is InChI=1S/C11H11ClN2O2/c1-3-16-11(15)9-10(12)14-6-7(2)4-5-8(14)13-9/h4-6H,3H2,1-2H3. The summed E-state index contributed by atoms with van der Waals surface area (Å²) in [6, 6.07) is 3.72. The van der Waals surface area contributed by atoms with Gasteiger partial charge in [0.25, 0.3) is 0 Å². The SMILES string of the molecule is CCOC(=O)c1nc2ccc(C)cn2c1Cl. The van der Waals surface area contributed by atoms with Crippen LogP contribution in [-0.2, 0) is 4.74 Å². The molecule has 0 saturated heterocycles. The molecule has 0 aromatic carbocycles. The van der Waals surface area contributed by atoms with Gasteiger partial charge in [-0.25, -0.2) is 9.78 Å². The highest BCUT2D eigenvalue weighted by Gasteiger charge is 2.18. The Labute approximate surface area is 97.8 Å². The van der Waals surface area contributed by atoms with Crippen molar-refractivity contribution in [3.63, 3.8) is 0 Å². The minimum atomic E-state index is -0.492. The van der Waals surface area contributed by atoms with Crippen LogP contribution in [0.25, 0.3) is 5.65 Å². The number of aromatic nitrogens is 2. The molecule has 0 N–H and O–H groups in total. The molecule has 4 nitrogen and oxygen atoms in total. The van der Waals surface area contributed by atoms with Crippen LogP contribution in [0.3, 0.4) is 0 Å². The molecule has 0 unspecified atom stereocenters. The molecule has 0 aliphatic rings. The van der Waals surface area contributed by atoms with Gasteiger partial charge in [0.15, 0.2) is 5.69 Å². The zero-order valence-electron chi connectivity index (χ0n) is 9.03. The Bertz CT molecular complexity index is 548.